The van der Waals surface area contributed by atoms with Crippen LogP contribution >= 0.6 is 15.9 Å². The van der Waals surface area contributed by atoms with Crippen LogP contribution in [0, 0.1) is 0 Å². The molecule has 1 unspecified atom stereocenters. The van der Waals surface area contributed by atoms with Crippen molar-refractivity contribution in [1.82, 2.24) is 9.97 Å². The van der Waals surface area contributed by atoms with E-state index >= 15 is 0 Å². The normalized spacial score (nSPS) is 19.8. The van der Waals surface area contributed by atoms with Crippen LogP contribution in [0.3, 0.4) is 0 Å². The lowest BCUT2D eigenvalue weighted by Crippen LogP contribution is -2.21. The van der Waals surface area contributed by atoms with Crippen molar-refractivity contribution in [1.29, 1.82) is 0 Å². The molecule has 0 amide bonds. The van der Waals surface area contributed by atoms with Gasteiger partial charge in [-0.1, -0.05) is 15.9 Å². The van der Waals surface area contributed by atoms with Gasteiger partial charge in [0, 0.05) is 22.3 Å². The SMILES string of the molecule is O=S1(=O)CCC(Nc2cc(Nc3ccc(Br)cc3)ncn2)C1. The van der Waals surface area contributed by atoms with E-state index < -0.39 is 9.84 Å². The fourth-order valence-corrected chi connectivity index (χ4v) is 4.24. The van der Waals surface area contributed by atoms with Crippen LogP contribution in [0.2, 0.25) is 0 Å². The molecule has 2 heterocycles. The van der Waals surface area contributed by atoms with Crippen LogP contribution in [0.5, 0.6) is 0 Å². The number of hydrogen-bond donors (Lipinski definition) is 2. The van der Waals surface area contributed by atoms with Gasteiger partial charge in [0.2, 0.25) is 0 Å². The van der Waals surface area contributed by atoms with Gasteiger partial charge in [-0.05, 0) is 30.7 Å². The minimum atomic E-state index is -2.90. The summed E-state index contributed by atoms with van der Waals surface area (Å²) in [5.41, 5.74) is 0.913. The van der Waals surface area contributed by atoms with Crippen LogP contribution in [0.15, 0.2) is 41.1 Å². The molecular weight excluding hydrogens is 368 g/mol. The van der Waals surface area contributed by atoms with Crippen LogP contribution in [-0.2, 0) is 9.84 Å². The smallest absolute Gasteiger partial charge is 0.152 e. The average Bonchev–Trinajstić information content (AvgIpc) is 2.81. The average molecular weight is 383 g/mol. The van der Waals surface area contributed by atoms with Gasteiger partial charge in [-0.2, -0.15) is 0 Å². The van der Waals surface area contributed by atoms with Gasteiger partial charge >= 0.3 is 0 Å². The largest absolute Gasteiger partial charge is 0.366 e. The molecule has 1 aromatic carbocycles. The summed E-state index contributed by atoms with van der Waals surface area (Å²) in [6, 6.07) is 9.43. The molecule has 6 nitrogen and oxygen atoms in total. The first-order chi connectivity index (χ1) is 10.5. The van der Waals surface area contributed by atoms with E-state index in [0.29, 0.717) is 18.1 Å². The number of aromatic nitrogens is 2. The number of hydrogen-bond acceptors (Lipinski definition) is 6. The number of nitrogens with one attached hydrogen (secondary N) is 2. The molecule has 1 fully saturated rings. The van der Waals surface area contributed by atoms with Gasteiger partial charge in [0.25, 0.3) is 0 Å². The predicted molar refractivity (Wildman–Crippen MR) is 90.1 cm³/mol. The minimum absolute atomic E-state index is 0.0829. The summed E-state index contributed by atoms with van der Waals surface area (Å²) in [6.07, 6.45) is 2.06. The van der Waals surface area contributed by atoms with Crippen molar-refractivity contribution in [3.8, 4) is 0 Å². The van der Waals surface area contributed by atoms with E-state index in [0.717, 1.165) is 10.2 Å². The molecule has 1 aromatic heterocycles. The Labute approximate surface area is 137 Å². The molecule has 116 valence electrons. The minimum Gasteiger partial charge on any atom is -0.366 e. The molecule has 0 spiro atoms. The highest BCUT2D eigenvalue weighted by atomic mass is 79.9. The third kappa shape index (κ3) is 3.95. The van der Waals surface area contributed by atoms with E-state index in [1.165, 1.54) is 6.33 Å². The Kier molecular flexibility index (Phi) is 4.30. The Hall–Kier alpha value is -1.67. The van der Waals surface area contributed by atoms with E-state index in [-0.39, 0.29) is 17.5 Å². The summed E-state index contributed by atoms with van der Waals surface area (Å²) >= 11 is 3.39. The number of benzene rings is 1. The molecular formula is C14H15BrN4O2S. The zero-order valence-corrected chi connectivity index (χ0v) is 14.1. The molecule has 1 aliphatic rings. The van der Waals surface area contributed by atoms with Crippen molar-refractivity contribution in [3.05, 3.63) is 41.1 Å². The summed E-state index contributed by atoms with van der Waals surface area (Å²) in [4.78, 5) is 8.31. The maximum Gasteiger partial charge on any atom is 0.152 e. The fraction of sp³-hybridized carbons (Fsp3) is 0.286. The molecule has 8 heteroatoms. The third-order valence-corrected chi connectivity index (χ3v) is 5.66. The summed E-state index contributed by atoms with van der Waals surface area (Å²) in [7, 11) is -2.90. The number of sulfone groups is 1. The zero-order valence-electron chi connectivity index (χ0n) is 11.7. The van der Waals surface area contributed by atoms with Crippen molar-refractivity contribution in [3.63, 3.8) is 0 Å². The second-order valence-electron chi connectivity index (χ2n) is 5.16. The highest BCUT2D eigenvalue weighted by Gasteiger charge is 2.27. The standard InChI is InChI=1S/C14H15BrN4O2S/c15-10-1-3-11(4-2-10)18-13-7-14(17-9-16-13)19-12-5-6-22(20,21)8-12/h1-4,7,9,12H,5-6,8H2,(H2,16,17,18,19). The summed E-state index contributed by atoms with van der Waals surface area (Å²) in [5.74, 6) is 1.67. The summed E-state index contributed by atoms with van der Waals surface area (Å²) in [6.45, 7) is 0. The lowest BCUT2D eigenvalue weighted by Gasteiger charge is -2.12. The second-order valence-corrected chi connectivity index (χ2v) is 8.31. The molecule has 22 heavy (non-hydrogen) atoms. The first kappa shape index (κ1) is 15.2. The third-order valence-electron chi connectivity index (χ3n) is 3.37. The predicted octanol–water partition coefficient (Wildman–Crippen LogP) is 2.58. The van der Waals surface area contributed by atoms with Crippen LogP contribution < -0.4 is 10.6 Å². The molecule has 0 aliphatic carbocycles. The van der Waals surface area contributed by atoms with Gasteiger partial charge in [0.15, 0.2) is 9.84 Å². The lowest BCUT2D eigenvalue weighted by atomic mass is 10.2. The highest BCUT2D eigenvalue weighted by molar-refractivity contribution is 9.10. The Morgan fingerprint density at radius 3 is 2.55 bits per heavy atom. The molecule has 1 atom stereocenters. The van der Waals surface area contributed by atoms with Crippen LogP contribution in [0.1, 0.15) is 6.42 Å². The second kappa shape index (κ2) is 6.21. The van der Waals surface area contributed by atoms with Gasteiger partial charge in [0.05, 0.1) is 11.5 Å². The van der Waals surface area contributed by atoms with E-state index in [4.69, 9.17) is 0 Å². The Morgan fingerprint density at radius 2 is 1.86 bits per heavy atom. The lowest BCUT2D eigenvalue weighted by molar-refractivity contribution is 0.602. The van der Waals surface area contributed by atoms with Crippen molar-refractivity contribution in [2.75, 3.05) is 22.1 Å². The van der Waals surface area contributed by atoms with Crippen LogP contribution in [0.4, 0.5) is 17.3 Å². The van der Waals surface area contributed by atoms with Gasteiger partial charge in [0.1, 0.15) is 18.0 Å². The molecule has 0 radical (unpaired) electrons. The topological polar surface area (TPSA) is 84.0 Å². The van der Waals surface area contributed by atoms with Gasteiger partial charge < -0.3 is 10.6 Å². The summed E-state index contributed by atoms with van der Waals surface area (Å²) in [5, 5.41) is 6.34. The maximum absolute atomic E-state index is 11.5. The van der Waals surface area contributed by atoms with Crippen molar-refractivity contribution in [2.24, 2.45) is 0 Å². The first-order valence-electron chi connectivity index (χ1n) is 6.82. The van der Waals surface area contributed by atoms with Crippen molar-refractivity contribution >= 4 is 43.1 Å². The molecule has 2 aromatic rings. The van der Waals surface area contributed by atoms with E-state index in [1.807, 2.05) is 24.3 Å². The Morgan fingerprint density at radius 1 is 1.14 bits per heavy atom. The number of nitrogens with zero attached hydrogens (tertiary/aromatic N) is 2. The van der Waals surface area contributed by atoms with E-state index in [9.17, 15) is 8.42 Å². The van der Waals surface area contributed by atoms with E-state index in [2.05, 4.69) is 36.5 Å². The number of halogens is 1. The first-order valence-corrected chi connectivity index (χ1v) is 9.43. The number of anilines is 3. The Balaban J connectivity index is 1.68. The van der Waals surface area contributed by atoms with Gasteiger partial charge in [-0.15, -0.1) is 0 Å². The van der Waals surface area contributed by atoms with E-state index in [1.54, 1.807) is 6.07 Å². The van der Waals surface area contributed by atoms with Crippen LogP contribution in [-0.4, -0.2) is 35.9 Å². The zero-order chi connectivity index (χ0) is 15.6. The van der Waals surface area contributed by atoms with Gasteiger partial charge in [-0.3, -0.25) is 0 Å². The monoisotopic (exact) mass is 382 g/mol. The molecule has 0 bridgehead atoms. The molecule has 1 saturated heterocycles. The van der Waals surface area contributed by atoms with Crippen molar-refractivity contribution < 1.29 is 8.42 Å². The highest BCUT2D eigenvalue weighted by Crippen LogP contribution is 2.20. The molecule has 0 saturated carbocycles. The van der Waals surface area contributed by atoms with Gasteiger partial charge in [-0.25, -0.2) is 18.4 Å². The number of rotatable bonds is 4. The van der Waals surface area contributed by atoms with Crippen LogP contribution in [0.25, 0.3) is 0 Å². The van der Waals surface area contributed by atoms with Crippen molar-refractivity contribution in [2.45, 2.75) is 12.5 Å². The maximum atomic E-state index is 11.5. The molecule has 2 N–H and O–H groups in total. The molecule has 3 rings (SSSR count). The fourth-order valence-electron chi connectivity index (χ4n) is 2.30. The quantitative estimate of drug-likeness (QED) is 0.845. The molecule has 1 aliphatic heterocycles. The Bertz CT molecular complexity index is 765. The summed E-state index contributed by atoms with van der Waals surface area (Å²) < 4.78 is 24.0.